The Labute approximate surface area is 86.1 Å². The van der Waals surface area contributed by atoms with E-state index < -0.39 is 5.97 Å². The van der Waals surface area contributed by atoms with Gasteiger partial charge in [-0.05, 0) is 24.3 Å². The molecule has 1 rings (SSSR count). The molecule has 0 heterocycles. The summed E-state index contributed by atoms with van der Waals surface area (Å²) in [6.07, 6.45) is 2.20. The average molecular weight is 214 g/mol. The third kappa shape index (κ3) is 2.73. The van der Waals surface area contributed by atoms with Crippen LogP contribution in [0.3, 0.4) is 0 Å². The summed E-state index contributed by atoms with van der Waals surface area (Å²) in [6, 6.07) is 4.75. The zero-order valence-electron chi connectivity index (χ0n) is 7.79. The Bertz CT molecular complexity index is 339. The SMILES string of the molecule is CSc1c(F)cccc1CCC(=O)O. The van der Waals surface area contributed by atoms with Crippen LogP contribution in [0.2, 0.25) is 0 Å². The van der Waals surface area contributed by atoms with Gasteiger partial charge in [-0.2, -0.15) is 0 Å². The number of benzene rings is 1. The summed E-state index contributed by atoms with van der Waals surface area (Å²) >= 11 is 1.31. The number of carbonyl (C=O) groups is 1. The first-order valence-electron chi connectivity index (χ1n) is 4.18. The highest BCUT2D eigenvalue weighted by Gasteiger charge is 2.08. The summed E-state index contributed by atoms with van der Waals surface area (Å²) in [5, 5.41) is 8.51. The molecule has 0 aliphatic heterocycles. The van der Waals surface area contributed by atoms with E-state index >= 15 is 0 Å². The molecule has 14 heavy (non-hydrogen) atoms. The van der Waals surface area contributed by atoms with Crippen molar-refractivity contribution >= 4 is 17.7 Å². The molecule has 0 atom stereocenters. The minimum atomic E-state index is -0.860. The van der Waals surface area contributed by atoms with Gasteiger partial charge in [-0.1, -0.05) is 12.1 Å². The van der Waals surface area contributed by atoms with Gasteiger partial charge in [0.2, 0.25) is 0 Å². The lowest BCUT2D eigenvalue weighted by molar-refractivity contribution is -0.136. The van der Waals surface area contributed by atoms with Crippen molar-refractivity contribution in [2.45, 2.75) is 17.7 Å². The molecule has 4 heteroatoms. The molecule has 0 saturated carbocycles. The second-order valence-electron chi connectivity index (χ2n) is 2.83. The molecule has 0 amide bonds. The van der Waals surface area contributed by atoms with Crippen LogP contribution in [-0.4, -0.2) is 17.3 Å². The first-order chi connectivity index (χ1) is 6.65. The topological polar surface area (TPSA) is 37.3 Å². The van der Waals surface area contributed by atoms with E-state index in [2.05, 4.69) is 0 Å². The van der Waals surface area contributed by atoms with Gasteiger partial charge >= 0.3 is 5.97 Å². The second kappa shape index (κ2) is 5.00. The van der Waals surface area contributed by atoms with Crippen molar-refractivity contribution in [2.75, 3.05) is 6.26 Å². The second-order valence-corrected chi connectivity index (χ2v) is 3.64. The number of carboxylic acid groups (broad SMARTS) is 1. The van der Waals surface area contributed by atoms with Gasteiger partial charge < -0.3 is 5.11 Å². The Morgan fingerprint density at radius 2 is 2.29 bits per heavy atom. The van der Waals surface area contributed by atoms with Crippen LogP contribution >= 0.6 is 11.8 Å². The summed E-state index contributed by atoms with van der Waals surface area (Å²) in [5.41, 5.74) is 0.764. The van der Waals surface area contributed by atoms with Gasteiger partial charge in [0.25, 0.3) is 0 Å². The molecular formula is C10H11FO2S. The third-order valence-electron chi connectivity index (χ3n) is 1.86. The van der Waals surface area contributed by atoms with Gasteiger partial charge in [-0.3, -0.25) is 4.79 Å². The highest BCUT2D eigenvalue weighted by atomic mass is 32.2. The van der Waals surface area contributed by atoms with Crippen LogP contribution in [0.1, 0.15) is 12.0 Å². The van der Waals surface area contributed by atoms with Gasteiger partial charge in [0.15, 0.2) is 0 Å². The third-order valence-corrected chi connectivity index (χ3v) is 2.73. The summed E-state index contributed by atoms with van der Waals surface area (Å²) in [7, 11) is 0. The standard InChI is InChI=1S/C10H11FO2S/c1-14-10-7(5-6-9(12)13)3-2-4-8(10)11/h2-4H,5-6H2,1H3,(H,12,13). The van der Waals surface area contributed by atoms with E-state index in [-0.39, 0.29) is 12.2 Å². The minimum Gasteiger partial charge on any atom is -0.481 e. The number of carboxylic acids is 1. The number of aliphatic carboxylic acids is 1. The normalized spacial score (nSPS) is 10.1. The highest BCUT2D eigenvalue weighted by molar-refractivity contribution is 7.98. The fourth-order valence-electron chi connectivity index (χ4n) is 1.22. The lowest BCUT2D eigenvalue weighted by Crippen LogP contribution is -1.99. The van der Waals surface area contributed by atoms with Crippen molar-refractivity contribution in [3.05, 3.63) is 29.6 Å². The molecule has 0 saturated heterocycles. The van der Waals surface area contributed by atoms with Crippen LogP contribution in [0.4, 0.5) is 4.39 Å². The molecule has 0 aliphatic rings. The summed E-state index contributed by atoms with van der Waals surface area (Å²) in [6.45, 7) is 0. The molecule has 0 aromatic heterocycles. The van der Waals surface area contributed by atoms with Crippen LogP contribution in [0.15, 0.2) is 23.1 Å². The van der Waals surface area contributed by atoms with E-state index in [1.165, 1.54) is 17.8 Å². The Morgan fingerprint density at radius 3 is 2.86 bits per heavy atom. The van der Waals surface area contributed by atoms with Crippen LogP contribution in [0.5, 0.6) is 0 Å². The molecule has 2 nitrogen and oxygen atoms in total. The van der Waals surface area contributed by atoms with Gasteiger partial charge in [0.05, 0.1) is 0 Å². The highest BCUT2D eigenvalue weighted by Crippen LogP contribution is 2.24. The quantitative estimate of drug-likeness (QED) is 0.783. The predicted molar refractivity (Wildman–Crippen MR) is 54.1 cm³/mol. The molecule has 0 radical (unpaired) electrons. The summed E-state index contributed by atoms with van der Waals surface area (Å²) in [5.74, 6) is -1.14. The Balaban J connectivity index is 2.85. The molecule has 0 aliphatic carbocycles. The van der Waals surface area contributed by atoms with Crippen molar-refractivity contribution < 1.29 is 14.3 Å². The minimum absolute atomic E-state index is 0.0387. The largest absolute Gasteiger partial charge is 0.481 e. The lowest BCUT2D eigenvalue weighted by Gasteiger charge is -2.06. The summed E-state index contributed by atoms with van der Waals surface area (Å²) in [4.78, 5) is 10.9. The maximum atomic E-state index is 13.2. The van der Waals surface area contributed by atoms with E-state index in [0.717, 1.165) is 5.56 Å². The monoisotopic (exact) mass is 214 g/mol. The fourth-order valence-corrected chi connectivity index (χ4v) is 1.92. The van der Waals surface area contributed by atoms with Gasteiger partial charge in [0.1, 0.15) is 5.82 Å². The zero-order valence-corrected chi connectivity index (χ0v) is 8.60. The Hall–Kier alpha value is -1.03. The first-order valence-corrected chi connectivity index (χ1v) is 5.40. The smallest absolute Gasteiger partial charge is 0.303 e. The zero-order chi connectivity index (χ0) is 10.6. The van der Waals surface area contributed by atoms with Crippen molar-refractivity contribution in [1.29, 1.82) is 0 Å². The number of hydrogen-bond donors (Lipinski definition) is 1. The van der Waals surface area contributed by atoms with E-state index in [0.29, 0.717) is 11.3 Å². The van der Waals surface area contributed by atoms with Crippen molar-refractivity contribution in [3.8, 4) is 0 Å². The van der Waals surface area contributed by atoms with E-state index in [1.54, 1.807) is 18.4 Å². The van der Waals surface area contributed by atoms with Crippen LogP contribution in [0.25, 0.3) is 0 Å². The van der Waals surface area contributed by atoms with Crippen LogP contribution < -0.4 is 0 Å². The van der Waals surface area contributed by atoms with Gasteiger partial charge in [-0.25, -0.2) is 4.39 Å². The number of thioether (sulfide) groups is 1. The molecule has 1 N–H and O–H groups in total. The van der Waals surface area contributed by atoms with Gasteiger partial charge in [-0.15, -0.1) is 11.8 Å². The number of halogens is 1. The number of aryl methyl sites for hydroxylation is 1. The Kier molecular flexibility index (Phi) is 3.95. The lowest BCUT2D eigenvalue weighted by atomic mass is 10.1. The van der Waals surface area contributed by atoms with E-state index in [4.69, 9.17) is 5.11 Å². The predicted octanol–water partition coefficient (Wildman–Crippen LogP) is 2.56. The molecule has 76 valence electrons. The van der Waals surface area contributed by atoms with Crippen molar-refractivity contribution in [3.63, 3.8) is 0 Å². The maximum absolute atomic E-state index is 13.2. The van der Waals surface area contributed by atoms with E-state index in [9.17, 15) is 9.18 Å². The molecule has 0 bridgehead atoms. The molecule has 0 spiro atoms. The van der Waals surface area contributed by atoms with Crippen LogP contribution in [0, 0.1) is 5.82 Å². The van der Waals surface area contributed by atoms with Crippen molar-refractivity contribution in [1.82, 2.24) is 0 Å². The summed E-state index contributed by atoms with van der Waals surface area (Å²) < 4.78 is 13.2. The molecular weight excluding hydrogens is 203 g/mol. The van der Waals surface area contributed by atoms with Crippen LogP contribution in [-0.2, 0) is 11.2 Å². The number of rotatable bonds is 4. The van der Waals surface area contributed by atoms with Gasteiger partial charge in [0, 0.05) is 11.3 Å². The van der Waals surface area contributed by atoms with Crippen molar-refractivity contribution in [2.24, 2.45) is 0 Å². The average Bonchev–Trinajstić information content (AvgIpc) is 2.14. The number of hydrogen-bond acceptors (Lipinski definition) is 2. The molecule has 1 aromatic rings. The molecule has 0 fully saturated rings. The molecule has 0 unspecified atom stereocenters. The molecule has 1 aromatic carbocycles. The maximum Gasteiger partial charge on any atom is 0.303 e. The fraction of sp³-hybridized carbons (Fsp3) is 0.300. The van der Waals surface area contributed by atoms with E-state index in [1.807, 2.05) is 0 Å². The first kappa shape index (κ1) is 11.0. The Morgan fingerprint density at radius 1 is 1.57 bits per heavy atom.